The number of ether oxygens (including phenoxy) is 1. The van der Waals surface area contributed by atoms with Crippen LogP contribution in [0.15, 0.2) is 48.5 Å². The average Bonchev–Trinajstić information content (AvgIpc) is 2.97. The van der Waals surface area contributed by atoms with Gasteiger partial charge in [-0.3, -0.25) is 24.1 Å². The van der Waals surface area contributed by atoms with E-state index in [0.717, 1.165) is 4.90 Å². The summed E-state index contributed by atoms with van der Waals surface area (Å²) in [6, 6.07) is 11.0. The summed E-state index contributed by atoms with van der Waals surface area (Å²) >= 11 is 0. The molecular weight excluding hydrogens is 476 g/mol. The number of fused-ring (bicyclic) bond motifs is 1. The van der Waals surface area contributed by atoms with Crippen LogP contribution in [-0.2, 0) is 14.3 Å². The van der Waals surface area contributed by atoms with E-state index in [2.05, 4.69) is 10.6 Å². The lowest BCUT2D eigenvalue weighted by Crippen LogP contribution is -2.55. The van der Waals surface area contributed by atoms with E-state index in [1.807, 2.05) is 0 Å². The largest absolute Gasteiger partial charge is 0.444 e. The normalized spacial score (nSPS) is 16.0. The van der Waals surface area contributed by atoms with Crippen molar-refractivity contribution in [1.82, 2.24) is 10.2 Å². The van der Waals surface area contributed by atoms with Gasteiger partial charge in [0.1, 0.15) is 17.7 Å². The molecule has 1 unspecified atom stereocenters. The fourth-order valence-electron chi connectivity index (χ4n) is 3.67. The summed E-state index contributed by atoms with van der Waals surface area (Å²) in [4.78, 5) is 66.2. The molecule has 0 fully saturated rings. The number of benzene rings is 2. The van der Waals surface area contributed by atoms with Crippen LogP contribution in [-0.4, -0.2) is 65.8 Å². The Labute approximate surface area is 215 Å². The van der Waals surface area contributed by atoms with Crippen molar-refractivity contribution >= 4 is 41.0 Å². The number of hydrogen-bond acceptors (Lipinski definition) is 6. The number of carbonyl (C=O) groups is 5. The van der Waals surface area contributed by atoms with Crippen molar-refractivity contribution in [2.24, 2.45) is 0 Å². The lowest BCUT2D eigenvalue weighted by molar-refractivity contribution is -0.129. The molecule has 4 amide bonds. The van der Waals surface area contributed by atoms with Gasteiger partial charge in [-0.15, -0.1) is 0 Å². The van der Waals surface area contributed by atoms with Gasteiger partial charge in [0.15, 0.2) is 5.78 Å². The highest BCUT2D eigenvalue weighted by atomic mass is 16.6. The maximum Gasteiger partial charge on any atom is 0.410 e. The Kier molecular flexibility index (Phi) is 8.00. The monoisotopic (exact) mass is 508 g/mol. The number of anilines is 2. The smallest absolute Gasteiger partial charge is 0.410 e. The van der Waals surface area contributed by atoms with Crippen molar-refractivity contribution in [2.45, 2.75) is 52.3 Å². The third-order valence-corrected chi connectivity index (χ3v) is 5.88. The quantitative estimate of drug-likeness (QED) is 0.598. The Morgan fingerprint density at radius 1 is 1.05 bits per heavy atom. The summed E-state index contributed by atoms with van der Waals surface area (Å²) in [6.07, 6.45) is -0.682. The van der Waals surface area contributed by atoms with Gasteiger partial charge in [0.2, 0.25) is 11.8 Å². The zero-order valence-corrected chi connectivity index (χ0v) is 21.8. The van der Waals surface area contributed by atoms with Gasteiger partial charge in [-0.2, -0.15) is 0 Å². The van der Waals surface area contributed by atoms with Crippen molar-refractivity contribution in [3.8, 4) is 0 Å². The van der Waals surface area contributed by atoms with Gasteiger partial charge < -0.3 is 20.3 Å². The summed E-state index contributed by atoms with van der Waals surface area (Å²) < 4.78 is 5.32. The number of ketones is 1. The van der Waals surface area contributed by atoms with Gasteiger partial charge in [-0.1, -0.05) is 24.3 Å². The van der Waals surface area contributed by atoms with Crippen LogP contribution < -0.4 is 15.5 Å². The third kappa shape index (κ3) is 6.52. The zero-order valence-electron chi connectivity index (χ0n) is 21.8. The minimum Gasteiger partial charge on any atom is -0.444 e. The molecule has 0 aromatic heterocycles. The fraction of sp³-hybridized carbons (Fsp3) is 0.370. The van der Waals surface area contributed by atoms with E-state index in [1.54, 1.807) is 69.3 Å². The van der Waals surface area contributed by atoms with Gasteiger partial charge in [0, 0.05) is 18.2 Å². The maximum absolute atomic E-state index is 13.5. The predicted molar refractivity (Wildman–Crippen MR) is 139 cm³/mol. The Morgan fingerprint density at radius 3 is 2.24 bits per heavy atom. The average molecular weight is 509 g/mol. The van der Waals surface area contributed by atoms with Crippen LogP contribution in [0.1, 0.15) is 55.3 Å². The molecule has 2 atom stereocenters. The van der Waals surface area contributed by atoms with Crippen molar-refractivity contribution in [1.29, 1.82) is 0 Å². The number of likely N-dealkylation sites (N-methyl/N-ethyl adjacent to an activating group) is 1. The van der Waals surface area contributed by atoms with Crippen molar-refractivity contribution in [3.05, 3.63) is 59.7 Å². The van der Waals surface area contributed by atoms with E-state index in [1.165, 1.54) is 25.8 Å². The van der Waals surface area contributed by atoms with E-state index in [4.69, 9.17) is 4.74 Å². The molecule has 1 aliphatic heterocycles. The van der Waals surface area contributed by atoms with Gasteiger partial charge in [0.05, 0.1) is 17.9 Å². The van der Waals surface area contributed by atoms with Crippen LogP contribution >= 0.6 is 0 Å². The topological polar surface area (TPSA) is 125 Å². The van der Waals surface area contributed by atoms with Crippen LogP contribution in [0.2, 0.25) is 0 Å². The highest BCUT2D eigenvalue weighted by Gasteiger charge is 2.35. The lowest BCUT2D eigenvalue weighted by Gasteiger charge is -2.29. The molecule has 10 heteroatoms. The second-order valence-corrected chi connectivity index (χ2v) is 9.88. The Hall–Kier alpha value is -4.21. The molecule has 2 aromatic rings. The van der Waals surface area contributed by atoms with E-state index in [9.17, 15) is 24.0 Å². The molecule has 1 aliphatic rings. The molecule has 196 valence electrons. The number of Topliss-reactive ketones (excluding diaryl/α,β-unsaturated/α-hetero) is 1. The molecule has 0 aliphatic carbocycles. The number of rotatable bonds is 5. The molecule has 2 aromatic carbocycles. The van der Waals surface area contributed by atoms with Crippen LogP contribution in [0, 0.1) is 0 Å². The SMILES string of the molecule is CC(=O)c1ccc(C(=O)N2CC(NC(=O)[C@H](C)N(C)C(=O)OC(C)(C)C)C(=O)Nc3ccccc32)cc1. The molecule has 0 spiro atoms. The highest BCUT2D eigenvalue weighted by molar-refractivity contribution is 6.12. The standard InChI is InChI=1S/C27H32N4O6/c1-16(30(6)26(36)37-27(3,4)5)23(33)29-21-15-31(22-10-8-7-9-20(22)28-24(21)34)25(35)19-13-11-18(12-14-19)17(2)32/h7-14,16,21H,15H2,1-6H3,(H,28,34)(H,29,33)/t16-,21?/m0/s1. The Morgan fingerprint density at radius 2 is 1.65 bits per heavy atom. The predicted octanol–water partition coefficient (Wildman–Crippen LogP) is 3.23. The molecule has 3 rings (SSSR count). The lowest BCUT2D eigenvalue weighted by atomic mass is 10.1. The van der Waals surface area contributed by atoms with Gasteiger partial charge in [-0.25, -0.2) is 4.79 Å². The first-order valence-electron chi connectivity index (χ1n) is 11.9. The molecule has 0 bridgehead atoms. The summed E-state index contributed by atoms with van der Waals surface area (Å²) in [5.41, 5.74) is 0.928. The third-order valence-electron chi connectivity index (χ3n) is 5.88. The molecule has 0 radical (unpaired) electrons. The summed E-state index contributed by atoms with van der Waals surface area (Å²) in [5.74, 6) is -1.62. The summed E-state index contributed by atoms with van der Waals surface area (Å²) in [6.45, 7) is 7.96. The first kappa shape index (κ1) is 27.4. The molecule has 1 heterocycles. The van der Waals surface area contributed by atoms with E-state index in [0.29, 0.717) is 22.5 Å². The van der Waals surface area contributed by atoms with Gasteiger partial charge in [0.25, 0.3) is 5.91 Å². The molecule has 2 N–H and O–H groups in total. The fourth-order valence-corrected chi connectivity index (χ4v) is 3.67. The van der Waals surface area contributed by atoms with Crippen molar-refractivity contribution < 1.29 is 28.7 Å². The van der Waals surface area contributed by atoms with Gasteiger partial charge in [-0.05, 0) is 58.9 Å². The highest BCUT2D eigenvalue weighted by Crippen LogP contribution is 2.30. The zero-order chi connectivity index (χ0) is 27.5. The summed E-state index contributed by atoms with van der Waals surface area (Å²) in [5, 5.41) is 5.43. The van der Waals surface area contributed by atoms with Crippen molar-refractivity contribution in [3.63, 3.8) is 0 Å². The minimum absolute atomic E-state index is 0.123. The first-order chi connectivity index (χ1) is 17.3. The number of amides is 4. The van der Waals surface area contributed by atoms with Gasteiger partial charge >= 0.3 is 6.09 Å². The Balaban J connectivity index is 1.84. The molecule has 0 saturated carbocycles. The second-order valence-electron chi connectivity index (χ2n) is 9.88. The molecular formula is C27H32N4O6. The second kappa shape index (κ2) is 10.8. The molecule has 10 nitrogen and oxygen atoms in total. The van der Waals surface area contributed by atoms with Crippen LogP contribution in [0.3, 0.4) is 0 Å². The number of nitrogens with zero attached hydrogens (tertiary/aromatic N) is 2. The van der Waals surface area contributed by atoms with Crippen LogP contribution in [0.25, 0.3) is 0 Å². The number of hydrogen-bond donors (Lipinski definition) is 2. The van der Waals surface area contributed by atoms with Crippen LogP contribution in [0.4, 0.5) is 16.2 Å². The Bertz CT molecular complexity index is 1220. The van der Waals surface area contributed by atoms with Crippen molar-refractivity contribution in [2.75, 3.05) is 23.8 Å². The number of carbonyl (C=O) groups excluding carboxylic acids is 5. The molecule has 0 saturated heterocycles. The maximum atomic E-state index is 13.5. The van der Waals surface area contributed by atoms with E-state index >= 15 is 0 Å². The molecule has 37 heavy (non-hydrogen) atoms. The van der Waals surface area contributed by atoms with E-state index in [-0.39, 0.29) is 12.3 Å². The first-order valence-corrected chi connectivity index (χ1v) is 11.9. The number of para-hydroxylation sites is 2. The van der Waals surface area contributed by atoms with Crippen LogP contribution in [0.5, 0.6) is 0 Å². The van der Waals surface area contributed by atoms with E-state index < -0.39 is 41.5 Å². The minimum atomic E-state index is -1.10. The number of nitrogens with one attached hydrogen (secondary N) is 2. The summed E-state index contributed by atoms with van der Waals surface area (Å²) in [7, 11) is 1.43.